The summed E-state index contributed by atoms with van der Waals surface area (Å²) in [7, 11) is 0. The zero-order valence-electron chi connectivity index (χ0n) is 11.2. The predicted octanol–water partition coefficient (Wildman–Crippen LogP) is 1.98. The first-order valence-electron chi connectivity index (χ1n) is 5.85. The Labute approximate surface area is 130 Å². The topological polar surface area (TPSA) is 49.6 Å². The molecule has 0 unspecified atom stereocenters. The van der Waals surface area contributed by atoms with E-state index in [0.717, 1.165) is 26.2 Å². The van der Waals surface area contributed by atoms with Crippen molar-refractivity contribution in [3.8, 4) is 0 Å². The highest BCUT2D eigenvalue weighted by Gasteiger charge is 2.30. The maximum Gasteiger partial charge on any atom is 0.242 e. The third kappa shape index (κ3) is 4.53. The van der Waals surface area contributed by atoms with E-state index in [0.29, 0.717) is 0 Å². The van der Waals surface area contributed by atoms with Crippen LogP contribution in [0.4, 0.5) is 5.00 Å². The molecule has 2 heterocycles. The average Bonchev–Trinajstić information content (AvgIpc) is 2.80. The van der Waals surface area contributed by atoms with Gasteiger partial charge in [-0.1, -0.05) is 0 Å². The Morgan fingerprint density at radius 3 is 2.26 bits per heavy atom. The van der Waals surface area contributed by atoms with Crippen LogP contribution in [0.5, 0.6) is 0 Å². The molecule has 0 saturated carbocycles. The molecule has 1 aromatic heterocycles. The molecule has 1 amide bonds. The molecular weight excluding hydrogens is 305 g/mol. The number of halogens is 2. The molecule has 1 saturated heterocycles. The van der Waals surface area contributed by atoms with E-state index < -0.39 is 5.54 Å². The van der Waals surface area contributed by atoms with E-state index in [1.54, 1.807) is 25.2 Å². The third-order valence-electron chi connectivity index (χ3n) is 2.94. The van der Waals surface area contributed by atoms with Gasteiger partial charge in [0.2, 0.25) is 5.91 Å². The van der Waals surface area contributed by atoms with Crippen molar-refractivity contribution >= 4 is 47.1 Å². The predicted molar refractivity (Wildman–Crippen MR) is 85.9 cm³/mol. The second kappa shape index (κ2) is 7.33. The highest BCUT2D eigenvalue weighted by molar-refractivity contribution is 7.14. The van der Waals surface area contributed by atoms with E-state index in [1.807, 2.05) is 4.90 Å². The number of carbonyl (C=O) groups excluding carboxylic acids is 1. The lowest BCUT2D eigenvalue weighted by Crippen LogP contribution is -2.57. The van der Waals surface area contributed by atoms with Crippen molar-refractivity contribution in [2.75, 3.05) is 31.1 Å². The molecule has 7 heteroatoms. The summed E-state index contributed by atoms with van der Waals surface area (Å²) >= 11 is 1.74. The Morgan fingerprint density at radius 1 is 1.26 bits per heavy atom. The molecule has 2 N–H and O–H groups in total. The molecule has 1 aromatic rings. The second-order valence-corrected chi connectivity index (χ2v) is 5.88. The molecule has 2 rings (SSSR count). The number of nitrogens with two attached hydrogens (primary N) is 1. The van der Waals surface area contributed by atoms with Crippen LogP contribution in [0.1, 0.15) is 13.8 Å². The summed E-state index contributed by atoms with van der Waals surface area (Å²) in [4.78, 5) is 16.2. The van der Waals surface area contributed by atoms with Gasteiger partial charge in [0.15, 0.2) is 0 Å². The largest absolute Gasteiger partial charge is 0.360 e. The van der Waals surface area contributed by atoms with Crippen LogP contribution in [0.25, 0.3) is 0 Å². The highest BCUT2D eigenvalue weighted by atomic mass is 35.5. The molecule has 0 aromatic carbocycles. The minimum Gasteiger partial charge on any atom is -0.360 e. The van der Waals surface area contributed by atoms with Crippen molar-refractivity contribution in [3.05, 3.63) is 17.5 Å². The van der Waals surface area contributed by atoms with Crippen molar-refractivity contribution in [1.29, 1.82) is 0 Å². The summed E-state index contributed by atoms with van der Waals surface area (Å²) in [5.74, 6) is 0.0447. The first-order valence-corrected chi connectivity index (χ1v) is 6.73. The van der Waals surface area contributed by atoms with Gasteiger partial charge in [0.25, 0.3) is 0 Å². The molecule has 0 atom stereocenters. The van der Waals surface area contributed by atoms with Crippen molar-refractivity contribution < 1.29 is 4.79 Å². The van der Waals surface area contributed by atoms with Gasteiger partial charge in [-0.15, -0.1) is 36.2 Å². The summed E-state index contributed by atoms with van der Waals surface area (Å²) in [6.45, 7) is 6.83. The highest BCUT2D eigenvalue weighted by Crippen LogP contribution is 2.22. The Bertz CT molecular complexity index is 384. The number of carbonyl (C=O) groups is 1. The Kier molecular flexibility index (Phi) is 7.15. The fourth-order valence-corrected chi connectivity index (χ4v) is 2.77. The Hall–Kier alpha value is -0.490. The number of amides is 1. The SMILES string of the molecule is CC(C)(N)C(=O)N1CCN(c2cccs2)CC1.Cl.Cl. The number of anilines is 1. The molecule has 1 aliphatic heterocycles. The Balaban J connectivity index is 0.00000162. The summed E-state index contributed by atoms with van der Waals surface area (Å²) in [5, 5.41) is 3.36. The third-order valence-corrected chi connectivity index (χ3v) is 3.86. The lowest BCUT2D eigenvalue weighted by molar-refractivity contribution is -0.136. The fourth-order valence-electron chi connectivity index (χ4n) is 1.99. The van der Waals surface area contributed by atoms with E-state index in [4.69, 9.17) is 5.73 Å². The normalized spacial score (nSPS) is 15.5. The van der Waals surface area contributed by atoms with Gasteiger partial charge in [0, 0.05) is 26.2 Å². The van der Waals surface area contributed by atoms with Crippen LogP contribution in [0.3, 0.4) is 0 Å². The number of rotatable bonds is 2. The zero-order chi connectivity index (χ0) is 12.5. The van der Waals surface area contributed by atoms with Crippen LogP contribution < -0.4 is 10.6 Å². The van der Waals surface area contributed by atoms with Crippen molar-refractivity contribution in [3.63, 3.8) is 0 Å². The lowest BCUT2D eigenvalue weighted by Gasteiger charge is -2.37. The van der Waals surface area contributed by atoms with Crippen molar-refractivity contribution in [2.45, 2.75) is 19.4 Å². The Morgan fingerprint density at radius 2 is 1.84 bits per heavy atom. The summed E-state index contributed by atoms with van der Waals surface area (Å²) in [6.07, 6.45) is 0. The first-order chi connectivity index (χ1) is 7.98. The molecule has 0 aliphatic carbocycles. The quantitative estimate of drug-likeness (QED) is 0.904. The van der Waals surface area contributed by atoms with Gasteiger partial charge in [0.05, 0.1) is 10.5 Å². The lowest BCUT2D eigenvalue weighted by atomic mass is 10.1. The van der Waals surface area contributed by atoms with Crippen molar-refractivity contribution in [1.82, 2.24) is 4.90 Å². The molecule has 0 bridgehead atoms. The van der Waals surface area contributed by atoms with E-state index in [-0.39, 0.29) is 30.7 Å². The second-order valence-electron chi connectivity index (χ2n) is 4.95. The summed E-state index contributed by atoms with van der Waals surface area (Å²) < 4.78 is 0. The van der Waals surface area contributed by atoms with Gasteiger partial charge in [0.1, 0.15) is 0 Å². The first kappa shape index (κ1) is 18.5. The maximum absolute atomic E-state index is 12.0. The van der Waals surface area contributed by atoms with Crippen LogP contribution in [-0.4, -0.2) is 42.5 Å². The van der Waals surface area contributed by atoms with Crippen LogP contribution >= 0.6 is 36.2 Å². The monoisotopic (exact) mass is 325 g/mol. The summed E-state index contributed by atoms with van der Waals surface area (Å²) in [6, 6.07) is 4.18. The zero-order valence-corrected chi connectivity index (χ0v) is 13.6. The maximum atomic E-state index is 12.0. The minimum absolute atomic E-state index is 0. The van der Waals surface area contributed by atoms with Gasteiger partial charge in [-0.25, -0.2) is 0 Å². The molecule has 1 fully saturated rings. The number of hydrogen-bond donors (Lipinski definition) is 1. The van der Waals surface area contributed by atoms with Crippen molar-refractivity contribution in [2.24, 2.45) is 5.73 Å². The van der Waals surface area contributed by atoms with Gasteiger partial charge in [-0.2, -0.15) is 0 Å². The fraction of sp³-hybridized carbons (Fsp3) is 0.583. The smallest absolute Gasteiger partial charge is 0.242 e. The van der Waals surface area contributed by atoms with E-state index >= 15 is 0 Å². The van der Waals surface area contributed by atoms with Gasteiger partial charge < -0.3 is 15.5 Å². The molecule has 0 spiro atoms. The van der Waals surface area contributed by atoms with E-state index in [9.17, 15) is 4.79 Å². The average molecular weight is 326 g/mol. The van der Waals surface area contributed by atoms with Gasteiger partial charge >= 0.3 is 0 Å². The molecule has 110 valence electrons. The molecule has 19 heavy (non-hydrogen) atoms. The number of nitrogens with zero attached hydrogens (tertiary/aromatic N) is 2. The minimum atomic E-state index is -0.759. The van der Waals surface area contributed by atoms with Crippen LogP contribution in [0.15, 0.2) is 17.5 Å². The molecular formula is C12H21Cl2N3OS. The number of hydrogen-bond acceptors (Lipinski definition) is 4. The van der Waals surface area contributed by atoms with Crippen LogP contribution in [0.2, 0.25) is 0 Å². The van der Waals surface area contributed by atoms with Gasteiger partial charge in [-0.3, -0.25) is 4.79 Å². The van der Waals surface area contributed by atoms with E-state index in [2.05, 4.69) is 22.4 Å². The molecule has 4 nitrogen and oxygen atoms in total. The summed E-state index contributed by atoms with van der Waals surface area (Å²) in [5.41, 5.74) is 5.08. The van der Waals surface area contributed by atoms with E-state index in [1.165, 1.54) is 5.00 Å². The standard InChI is InChI=1S/C12H19N3OS.2ClH/c1-12(2,13)11(16)15-7-5-14(6-8-15)10-4-3-9-17-10;;/h3-4,9H,5-8,13H2,1-2H3;2*1H. The van der Waals surface area contributed by atoms with Gasteiger partial charge in [-0.05, 0) is 31.4 Å². The number of piperazine rings is 1. The van der Waals surface area contributed by atoms with Crippen LogP contribution in [-0.2, 0) is 4.79 Å². The van der Waals surface area contributed by atoms with Crippen LogP contribution in [0, 0.1) is 0 Å². The number of thiophene rings is 1. The molecule has 0 radical (unpaired) electrons. The molecule has 1 aliphatic rings.